The zero-order chi connectivity index (χ0) is 10.3. The first kappa shape index (κ1) is 13.1. The van der Waals surface area contributed by atoms with E-state index in [9.17, 15) is 0 Å². The Hall–Kier alpha value is 0.0569. The van der Waals surface area contributed by atoms with Gasteiger partial charge in [-0.2, -0.15) is 0 Å². The van der Waals surface area contributed by atoms with Crippen molar-refractivity contribution >= 4 is 8.80 Å². The summed E-state index contributed by atoms with van der Waals surface area (Å²) in [6.45, 7) is 2.65. The third-order valence-electron chi connectivity index (χ3n) is 1.72. The molecular weight excluding hydrogens is 186 g/mol. The van der Waals surface area contributed by atoms with Crippen molar-refractivity contribution in [3.05, 3.63) is 0 Å². The van der Waals surface area contributed by atoms with Gasteiger partial charge in [0.2, 0.25) is 0 Å². The van der Waals surface area contributed by atoms with Crippen LogP contribution >= 0.6 is 0 Å². The van der Waals surface area contributed by atoms with Crippen LogP contribution in [-0.4, -0.2) is 48.8 Å². The first-order chi connectivity index (χ1) is 6.10. The SMILES string of the molecule is CCC[Si](OC)(OC)OCN(C)C. The Kier molecular flexibility index (Phi) is 6.53. The predicted molar refractivity (Wildman–Crippen MR) is 54.5 cm³/mol. The highest BCUT2D eigenvalue weighted by Crippen LogP contribution is 2.15. The van der Waals surface area contributed by atoms with Crippen LogP contribution in [0, 0.1) is 0 Å². The molecule has 0 amide bonds. The van der Waals surface area contributed by atoms with Gasteiger partial charge >= 0.3 is 8.80 Å². The average Bonchev–Trinajstić information content (AvgIpc) is 2.12. The molecule has 5 heteroatoms. The van der Waals surface area contributed by atoms with Gasteiger partial charge in [-0.1, -0.05) is 13.3 Å². The number of nitrogens with zero attached hydrogens (tertiary/aromatic N) is 1. The Balaban J connectivity index is 4.04. The highest BCUT2D eigenvalue weighted by molar-refractivity contribution is 6.60. The third kappa shape index (κ3) is 4.73. The van der Waals surface area contributed by atoms with E-state index in [0.29, 0.717) is 6.73 Å². The monoisotopic (exact) mass is 207 g/mol. The van der Waals surface area contributed by atoms with Crippen molar-refractivity contribution in [2.24, 2.45) is 0 Å². The Labute approximate surface area is 82.1 Å². The summed E-state index contributed by atoms with van der Waals surface area (Å²) in [6.07, 6.45) is 1.02. The first-order valence-corrected chi connectivity index (χ1v) is 6.42. The van der Waals surface area contributed by atoms with Gasteiger partial charge in [0.05, 0.1) is 6.73 Å². The minimum Gasteiger partial charge on any atom is -0.377 e. The van der Waals surface area contributed by atoms with E-state index in [1.807, 2.05) is 19.0 Å². The molecule has 0 aromatic carbocycles. The highest BCUT2D eigenvalue weighted by atomic mass is 28.4. The fourth-order valence-electron chi connectivity index (χ4n) is 1.01. The van der Waals surface area contributed by atoms with Gasteiger partial charge in [0.1, 0.15) is 0 Å². The number of hydrogen-bond acceptors (Lipinski definition) is 4. The van der Waals surface area contributed by atoms with Gasteiger partial charge in [-0.3, -0.25) is 4.90 Å². The normalized spacial score (nSPS) is 12.5. The molecule has 0 radical (unpaired) electrons. The topological polar surface area (TPSA) is 30.9 Å². The lowest BCUT2D eigenvalue weighted by molar-refractivity contribution is 0.0563. The summed E-state index contributed by atoms with van der Waals surface area (Å²) < 4.78 is 16.3. The molecule has 0 aliphatic carbocycles. The predicted octanol–water partition coefficient (Wildman–Crippen LogP) is 1.16. The van der Waals surface area contributed by atoms with E-state index in [4.69, 9.17) is 13.3 Å². The summed E-state index contributed by atoms with van der Waals surface area (Å²) in [6, 6.07) is 0.869. The third-order valence-corrected chi connectivity index (χ3v) is 4.65. The second-order valence-corrected chi connectivity index (χ2v) is 6.17. The molecule has 0 aromatic rings. The number of hydrogen-bond donors (Lipinski definition) is 0. The van der Waals surface area contributed by atoms with Crippen LogP contribution in [-0.2, 0) is 13.3 Å². The van der Waals surface area contributed by atoms with Crippen LogP contribution in [0.2, 0.25) is 6.04 Å². The van der Waals surface area contributed by atoms with E-state index in [2.05, 4.69) is 6.92 Å². The maximum atomic E-state index is 5.65. The van der Waals surface area contributed by atoms with Crippen LogP contribution < -0.4 is 0 Å². The van der Waals surface area contributed by atoms with E-state index in [1.165, 1.54) is 0 Å². The molecule has 13 heavy (non-hydrogen) atoms. The summed E-state index contributed by atoms with van der Waals surface area (Å²) in [5, 5.41) is 0. The van der Waals surface area contributed by atoms with Crippen molar-refractivity contribution in [2.75, 3.05) is 35.0 Å². The Bertz CT molecular complexity index is 129. The van der Waals surface area contributed by atoms with Gasteiger partial charge in [-0.15, -0.1) is 0 Å². The van der Waals surface area contributed by atoms with E-state index >= 15 is 0 Å². The zero-order valence-corrected chi connectivity index (χ0v) is 10.3. The molecule has 0 rings (SSSR count). The molecule has 0 aliphatic heterocycles. The largest absolute Gasteiger partial charge is 0.501 e. The molecular formula is C8H21NO3Si. The van der Waals surface area contributed by atoms with Crippen molar-refractivity contribution in [3.8, 4) is 0 Å². The second kappa shape index (κ2) is 6.50. The minimum atomic E-state index is -2.35. The van der Waals surface area contributed by atoms with Crippen LogP contribution in [0.5, 0.6) is 0 Å². The molecule has 0 atom stereocenters. The summed E-state index contributed by atoms with van der Waals surface area (Å²) >= 11 is 0. The fourth-order valence-corrected chi connectivity index (χ4v) is 3.03. The van der Waals surface area contributed by atoms with Crippen LogP contribution in [0.15, 0.2) is 0 Å². The molecule has 0 aromatic heterocycles. The van der Waals surface area contributed by atoms with Crippen LogP contribution in [0.3, 0.4) is 0 Å². The molecule has 4 nitrogen and oxygen atoms in total. The van der Waals surface area contributed by atoms with Gasteiger partial charge in [0.25, 0.3) is 0 Å². The maximum absolute atomic E-state index is 5.65. The van der Waals surface area contributed by atoms with Crippen molar-refractivity contribution in [2.45, 2.75) is 19.4 Å². The van der Waals surface area contributed by atoms with Crippen LogP contribution in [0.25, 0.3) is 0 Å². The van der Waals surface area contributed by atoms with Gasteiger partial charge in [-0.25, -0.2) is 0 Å². The Morgan fingerprint density at radius 2 is 1.69 bits per heavy atom. The fraction of sp³-hybridized carbons (Fsp3) is 1.00. The molecule has 0 fully saturated rings. The summed E-state index contributed by atoms with van der Waals surface area (Å²) in [7, 11) is 4.87. The molecule has 0 unspecified atom stereocenters. The smallest absolute Gasteiger partial charge is 0.377 e. The summed E-state index contributed by atoms with van der Waals surface area (Å²) in [4.78, 5) is 1.95. The molecule has 0 heterocycles. The van der Waals surface area contributed by atoms with E-state index in [-0.39, 0.29) is 0 Å². The van der Waals surface area contributed by atoms with E-state index in [1.54, 1.807) is 14.2 Å². The van der Waals surface area contributed by atoms with E-state index < -0.39 is 8.80 Å². The molecule has 0 aliphatic rings. The quantitative estimate of drug-likeness (QED) is 0.463. The zero-order valence-electron chi connectivity index (χ0n) is 9.29. The lowest BCUT2D eigenvalue weighted by atomic mass is 10.6. The summed E-state index contributed by atoms with van der Waals surface area (Å²) in [5.74, 6) is 0. The van der Waals surface area contributed by atoms with Gasteiger partial charge in [0, 0.05) is 20.3 Å². The van der Waals surface area contributed by atoms with Crippen LogP contribution in [0.4, 0.5) is 0 Å². The van der Waals surface area contributed by atoms with Crippen molar-refractivity contribution in [3.63, 3.8) is 0 Å². The Morgan fingerprint density at radius 1 is 1.15 bits per heavy atom. The van der Waals surface area contributed by atoms with Crippen molar-refractivity contribution in [1.29, 1.82) is 0 Å². The molecule has 0 bridgehead atoms. The Morgan fingerprint density at radius 3 is 2.00 bits per heavy atom. The molecule has 0 spiro atoms. The lowest BCUT2D eigenvalue weighted by Gasteiger charge is -2.27. The van der Waals surface area contributed by atoms with Crippen molar-refractivity contribution in [1.82, 2.24) is 4.90 Å². The molecule has 0 saturated heterocycles. The average molecular weight is 207 g/mol. The van der Waals surface area contributed by atoms with Crippen LogP contribution in [0.1, 0.15) is 13.3 Å². The molecule has 80 valence electrons. The van der Waals surface area contributed by atoms with Gasteiger partial charge in [0.15, 0.2) is 0 Å². The first-order valence-electron chi connectivity index (χ1n) is 4.49. The second-order valence-electron chi connectivity index (χ2n) is 3.19. The summed E-state index contributed by atoms with van der Waals surface area (Å²) in [5.41, 5.74) is 0. The van der Waals surface area contributed by atoms with Crippen molar-refractivity contribution < 1.29 is 13.3 Å². The molecule has 0 saturated carbocycles. The van der Waals surface area contributed by atoms with Gasteiger partial charge in [-0.05, 0) is 14.1 Å². The molecule has 0 N–H and O–H groups in total. The maximum Gasteiger partial charge on any atom is 0.501 e. The van der Waals surface area contributed by atoms with E-state index in [0.717, 1.165) is 12.5 Å². The number of rotatable bonds is 7. The minimum absolute atomic E-state index is 0.550. The van der Waals surface area contributed by atoms with Gasteiger partial charge < -0.3 is 13.3 Å². The lowest BCUT2D eigenvalue weighted by Crippen LogP contribution is -2.45. The standard InChI is InChI=1S/C8H21NO3Si/c1-6-7-13(10-4,11-5)12-8-9(2)3/h6-8H2,1-5H3. The highest BCUT2D eigenvalue weighted by Gasteiger charge is 2.37.